The molecule has 0 aliphatic rings. The molecule has 0 fully saturated rings. The second-order valence-electron chi connectivity index (χ2n) is 3.53. The van der Waals surface area contributed by atoms with Gasteiger partial charge in [0.15, 0.2) is 5.82 Å². The molecule has 9 heteroatoms. The van der Waals surface area contributed by atoms with Crippen molar-refractivity contribution >= 4 is 17.4 Å². The molecule has 0 aromatic heterocycles. The standard InChI is InChI=1S/C11H8F3NO5/c1-2-20-11(17)9(14)10(16)5-3-6(12)8(13)7(4-5)15(18)19/h3-4,9H,2H2,1H3. The summed E-state index contributed by atoms with van der Waals surface area (Å²) in [6.07, 6.45) is -2.76. The van der Waals surface area contributed by atoms with Crippen LogP contribution < -0.4 is 0 Å². The third kappa shape index (κ3) is 3.11. The molecule has 0 amide bonds. The highest BCUT2D eigenvalue weighted by atomic mass is 19.2. The molecule has 0 aliphatic heterocycles. The number of ether oxygens (including phenoxy) is 1. The van der Waals surface area contributed by atoms with Gasteiger partial charge >= 0.3 is 11.7 Å². The molecule has 1 aromatic carbocycles. The highest BCUT2D eigenvalue weighted by molar-refractivity contribution is 6.11. The van der Waals surface area contributed by atoms with Crippen LogP contribution in [0.2, 0.25) is 0 Å². The molecule has 108 valence electrons. The van der Waals surface area contributed by atoms with Crippen LogP contribution in [0.4, 0.5) is 18.9 Å². The molecule has 0 aliphatic carbocycles. The maximum absolute atomic E-state index is 13.4. The molecule has 0 saturated carbocycles. The molecule has 0 spiro atoms. The van der Waals surface area contributed by atoms with Gasteiger partial charge in [-0.1, -0.05) is 0 Å². The normalized spacial score (nSPS) is 11.8. The highest BCUT2D eigenvalue weighted by Gasteiger charge is 2.31. The maximum atomic E-state index is 13.4. The monoisotopic (exact) mass is 291 g/mol. The van der Waals surface area contributed by atoms with Crippen molar-refractivity contribution in [2.24, 2.45) is 0 Å². The first kappa shape index (κ1) is 15.6. The van der Waals surface area contributed by atoms with E-state index >= 15 is 0 Å². The van der Waals surface area contributed by atoms with Crippen LogP contribution in [-0.4, -0.2) is 29.5 Å². The number of Topliss-reactive ketones (excluding diaryl/α,β-unsaturated/α-hetero) is 1. The van der Waals surface area contributed by atoms with Crippen LogP contribution in [0.5, 0.6) is 0 Å². The smallest absolute Gasteiger partial charge is 0.348 e. The Balaban J connectivity index is 3.17. The Morgan fingerprint density at radius 3 is 2.50 bits per heavy atom. The number of halogens is 3. The Labute approximate surface area is 110 Å². The summed E-state index contributed by atoms with van der Waals surface area (Å²) in [5.74, 6) is -6.54. The second-order valence-corrected chi connectivity index (χ2v) is 3.53. The first-order valence-electron chi connectivity index (χ1n) is 5.28. The fourth-order valence-corrected chi connectivity index (χ4v) is 1.32. The van der Waals surface area contributed by atoms with Crippen molar-refractivity contribution in [2.45, 2.75) is 13.1 Å². The van der Waals surface area contributed by atoms with Crippen LogP contribution in [0.25, 0.3) is 0 Å². The van der Waals surface area contributed by atoms with Gasteiger partial charge in [-0.05, 0) is 13.0 Å². The largest absolute Gasteiger partial charge is 0.463 e. The fraction of sp³-hybridized carbons (Fsp3) is 0.273. The Morgan fingerprint density at radius 2 is 2.00 bits per heavy atom. The summed E-state index contributed by atoms with van der Waals surface area (Å²) in [5, 5.41) is 10.5. The molecule has 0 N–H and O–H groups in total. The quantitative estimate of drug-likeness (QED) is 0.272. The molecular formula is C11H8F3NO5. The van der Waals surface area contributed by atoms with Crippen molar-refractivity contribution in [1.29, 1.82) is 0 Å². The van der Waals surface area contributed by atoms with Crippen LogP contribution in [0, 0.1) is 21.7 Å². The number of nitrogens with zero attached hydrogens (tertiary/aromatic N) is 1. The molecule has 1 atom stereocenters. The number of carbonyl (C=O) groups excluding carboxylic acids is 2. The first-order valence-corrected chi connectivity index (χ1v) is 5.28. The zero-order valence-electron chi connectivity index (χ0n) is 10.1. The van der Waals surface area contributed by atoms with E-state index in [9.17, 15) is 32.9 Å². The summed E-state index contributed by atoms with van der Waals surface area (Å²) in [6, 6.07) is 0.628. The lowest BCUT2D eigenvalue weighted by atomic mass is 10.1. The first-order chi connectivity index (χ1) is 9.29. The molecule has 6 nitrogen and oxygen atoms in total. The van der Waals surface area contributed by atoms with Gasteiger partial charge in [0.25, 0.3) is 6.17 Å². The summed E-state index contributed by atoms with van der Waals surface area (Å²) >= 11 is 0. The minimum atomic E-state index is -2.76. The summed E-state index contributed by atoms with van der Waals surface area (Å²) < 4.78 is 43.8. The van der Waals surface area contributed by atoms with Crippen molar-refractivity contribution in [3.05, 3.63) is 39.4 Å². The summed E-state index contributed by atoms with van der Waals surface area (Å²) in [6.45, 7) is 1.18. The minimum absolute atomic E-state index is 0.190. The van der Waals surface area contributed by atoms with Crippen LogP contribution >= 0.6 is 0 Å². The van der Waals surface area contributed by atoms with E-state index in [1.165, 1.54) is 6.92 Å². The molecular weight excluding hydrogens is 283 g/mol. The number of rotatable bonds is 5. The van der Waals surface area contributed by atoms with E-state index in [1.54, 1.807) is 0 Å². The van der Waals surface area contributed by atoms with Gasteiger partial charge in [-0.15, -0.1) is 0 Å². The molecule has 0 heterocycles. The summed E-state index contributed by atoms with van der Waals surface area (Å²) in [4.78, 5) is 31.7. The number of esters is 1. The number of benzene rings is 1. The Kier molecular flexibility index (Phi) is 4.78. The van der Waals surface area contributed by atoms with E-state index in [2.05, 4.69) is 4.74 Å². The third-order valence-corrected chi connectivity index (χ3v) is 2.21. The average Bonchev–Trinajstić information content (AvgIpc) is 2.39. The third-order valence-electron chi connectivity index (χ3n) is 2.21. The van der Waals surface area contributed by atoms with E-state index in [-0.39, 0.29) is 12.7 Å². The topological polar surface area (TPSA) is 86.5 Å². The zero-order chi connectivity index (χ0) is 15.4. The predicted molar refractivity (Wildman–Crippen MR) is 58.9 cm³/mol. The molecule has 0 radical (unpaired) electrons. The lowest BCUT2D eigenvalue weighted by molar-refractivity contribution is -0.387. The van der Waals surface area contributed by atoms with Gasteiger partial charge in [-0.2, -0.15) is 4.39 Å². The zero-order valence-corrected chi connectivity index (χ0v) is 10.1. The Hall–Kier alpha value is -2.45. The fourth-order valence-electron chi connectivity index (χ4n) is 1.32. The van der Waals surface area contributed by atoms with Crippen molar-refractivity contribution in [2.75, 3.05) is 6.61 Å². The van der Waals surface area contributed by atoms with E-state index in [0.29, 0.717) is 6.07 Å². The van der Waals surface area contributed by atoms with Crippen molar-refractivity contribution in [1.82, 2.24) is 0 Å². The van der Waals surface area contributed by atoms with Crippen LogP contribution in [-0.2, 0) is 9.53 Å². The number of carbonyl (C=O) groups is 2. The van der Waals surface area contributed by atoms with Gasteiger partial charge in [-0.25, -0.2) is 13.6 Å². The van der Waals surface area contributed by atoms with Gasteiger partial charge in [0.1, 0.15) is 0 Å². The summed E-state index contributed by atoms with van der Waals surface area (Å²) in [5.41, 5.74) is -2.17. The van der Waals surface area contributed by atoms with Gasteiger partial charge in [-0.3, -0.25) is 14.9 Å². The van der Waals surface area contributed by atoms with Crippen molar-refractivity contribution < 1.29 is 32.4 Å². The Morgan fingerprint density at radius 1 is 1.40 bits per heavy atom. The Bertz CT molecular complexity index is 575. The van der Waals surface area contributed by atoms with Gasteiger partial charge in [0.05, 0.1) is 11.5 Å². The molecule has 20 heavy (non-hydrogen) atoms. The number of hydrogen-bond donors (Lipinski definition) is 0. The van der Waals surface area contributed by atoms with Crippen LogP contribution in [0.1, 0.15) is 17.3 Å². The lowest BCUT2D eigenvalue weighted by Crippen LogP contribution is -2.28. The van der Waals surface area contributed by atoms with Gasteiger partial charge < -0.3 is 4.74 Å². The number of alkyl halides is 1. The molecule has 0 saturated heterocycles. The number of nitro groups is 1. The number of ketones is 1. The van der Waals surface area contributed by atoms with Crippen LogP contribution in [0.3, 0.4) is 0 Å². The highest BCUT2D eigenvalue weighted by Crippen LogP contribution is 2.23. The lowest BCUT2D eigenvalue weighted by Gasteiger charge is -2.07. The van der Waals surface area contributed by atoms with E-state index in [0.717, 1.165) is 0 Å². The molecule has 1 rings (SSSR count). The van der Waals surface area contributed by atoms with Crippen molar-refractivity contribution in [3.63, 3.8) is 0 Å². The average molecular weight is 291 g/mol. The summed E-state index contributed by atoms with van der Waals surface area (Å²) in [7, 11) is 0. The van der Waals surface area contributed by atoms with Crippen molar-refractivity contribution in [3.8, 4) is 0 Å². The van der Waals surface area contributed by atoms with Gasteiger partial charge in [0, 0.05) is 11.6 Å². The maximum Gasteiger partial charge on any atom is 0.348 e. The SMILES string of the molecule is CCOC(=O)C(F)C(=O)c1cc(F)c(F)c([N+](=O)[O-])c1. The molecule has 1 unspecified atom stereocenters. The van der Waals surface area contributed by atoms with E-state index < -0.39 is 45.7 Å². The predicted octanol–water partition coefficient (Wildman–Crippen LogP) is 1.96. The number of nitro benzene ring substituents is 1. The number of hydrogen-bond acceptors (Lipinski definition) is 5. The van der Waals surface area contributed by atoms with E-state index in [4.69, 9.17) is 0 Å². The minimum Gasteiger partial charge on any atom is -0.463 e. The van der Waals surface area contributed by atoms with Crippen LogP contribution in [0.15, 0.2) is 12.1 Å². The second kappa shape index (κ2) is 6.13. The molecule has 1 aromatic rings. The van der Waals surface area contributed by atoms with Gasteiger partial charge in [0.2, 0.25) is 11.6 Å². The van der Waals surface area contributed by atoms with E-state index in [1.807, 2.05) is 0 Å². The molecule has 0 bridgehead atoms.